The van der Waals surface area contributed by atoms with Crippen LogP contribution in [0.1, 0.15) is 54.4 Å². The second kappa shape index (κ2) is 12.9. The van der Waals surface area contributed by atoms with E-state index < -0.39 is 5.60 Å². The van der Waals surface area contributed by atoms with E-state index in [2.05, 4.69) is 48.0 Å². The third-order valence-electron chi connectivity index (χ3n) is 3.33. The lowest BCUT2D eigenvalue weighted by molar-refractivity contribution is 0.0502. The molecule has 1 atom stereocenters. The van der Waals surface area contributed by atoms with E-state index in [1.807, 2.05) is 20.8 Å². The van der Waals surface area contributed by atoms with Crippen molar-refractivity contribution >= 4 is 47.8 Å². The summed E-state index contributed by atoms with van der Waals surface area (Å²) in [5, 5.41) is 9.53. The summed E-state index contributed by atoms with van der Waals surface area (Å²) in [5.74, 6) is 0.740. The highest BCUT2D eigenvalue weighted by Crippen LogP contribution is 2.19. The van der Waals surface area contributed by atoms with Crippen molar-refractivity contribution in [1.82, 2.24) is 16.0 Å². The normalized spacial score (nSPS) is 13.5. The molecule has 0 spiro atoms. The van der Waals surface area contributed by atoms with E-state index in [9.17, 15) is 4.79 Å². The lowest BCUT2D eigenvalue weighted by atomic mass is 10.1. The van der Waals surface area contributed by atoms with Crippen LogP contribution in [-0.4, -0.2) is 54.8 Å². The molecule has 0 aliphatic rings. The Morgan fingerprint density at radius 2 is 1.80 bits per heavy atom. The Morgan fingerprint density at radius 1 is 1.20 bits per heavy atom. The molecule has 0 heterocycles. The molecule has 0 radical (unpaired) electrons. The van der Waals surface area contributed by atoms with Gasteiger partial charge in [0.2, 0.25) is 0 Å². The van der Waals surface area contributed by atoms with Gasteiger partial charge < -0.3 is 20.7 Å². The largest absolute Gasteiger partial charge is 0.444 e. The highest BCUT2D eigenvalue weighted by molar-refractivity contribution is 14.0. The maximum Gasteiger partial charge on any atom is 0.407 e. The zero-order valence-electron chi connectivity index (χ0n) is 17.0. The number of aliphatic imine (C=N–C) groups is 1. The van der Waals surface area contributed by atoms with Crippen LogP contribution in [0.2, 0.25) is 0 Å². The van der Waals surface area contributed by atoms with Crippen LogP contribution >= 0.6 is 35.7 Å². The fourth-order valence-corrected chi connectivity index (χ4v) is 2.07. The van der Waals surface area contributed by atoms with Crippen LogP contribution in [0.15, 0.2) is 4.99 Å². The van der Waals surface area contributed by atoms with E-state index in [-0.39, 0.29) is 40.9 Å². The lowest BCUT2D eigenvalue weighted by Crippen LogP contribution is -2.49. The molecule has 0 aliphatic carbocycles. The molecular weight excluding hydrogens is 451 g/mol. The SMILES string of the molecule is CCCC(CNC(=NC)NCC(C)(C)SC)NC(=O)OC(C)(C)C.I. The number of rotatable bonds is 8. The molecule has 0 fully saturated rings. The van der Waals surface area contributed by atoms with Crippen LogP contribution < -0.4 is 16.0 Å². The number of carbonyl (C=O) groups is 1. The molecule has 1 unspecified atom stereocenters. The Labute approximate surface area is 175 Å². The number of halogens is 1. The molecule has 0 aromatic heterocycles. The van der Waals surface area contributed by atoms with Gasteiger partial charge >= 0.3 is 6.09 Å². The van der Waals surface area contributed by atoms with Gasteiger partial charge in [-0.1, -0.05) is 13.3 Å². The molecule has 0 aliphatic heterocycles. The Balaban J connectivity index is 0. The van der Waals surface area contributed by atoms with Crippen LogP contribution in [0.4, 0.5) is 4.79 Å². The molecule has 6 nitrogen and oxygen atoms in total. The topological polar surface area (TPSA) is 74.8 Å². The number of amides is 1. The predicted octanol–water partition coefficient (Wildman–Crippen LogP) is 3.60. The summed E-state index contributed by atoms with van der Waals surface area (Å²) in [5.41, 5.74) is -0.491. The minimum Gasteiger partial charge on any atom is -0.444 e. The molecule has 1 amide bonds. The monoisotopic (exact) mass is 488 g/mol. The summed E-state index contributed by atoms with van der Waals surface area (Å²) in [6.07, 6.45) is 3.57. The number of nitrogens with one attached hydrogen (secondary N) is 3. The van der Waals surface area contributed by atoms with E-state index in [0.717, 1.165) is 25.3 Å². The molecule has 0 rings (SSSR count). The molecule has 0 saturated carbocycles. The quantitative estimate of drug-likeness (QED) is 0.277. The minimum absolute atomic E-state index is 0. The fraction of sp³-hybridized carbons (Fsp3) is 0.882. The molecule has 0 bridgehead atoms. The zero-order valence-corrected chi connectivity index (χ0v) is 20.1. The van der Waals surface area contributed by atoms with Gasteiger partial charge in [0.1, 0.15) is 5.60 Å². The minimum atomic E-state index is -0.491. The third-order valence-corrected chi connectivity index (χ3v) is 4.58. The van der Waals surface area contributed by atoms with Gasteiger partial charge in [-0.05, 0) is 47.3 Å². The summed E-state index contributed by atoms with van der Waals surface area (Å²) in [7, 11) is 1.75. The Kier molecular flexibility index (Phi) is 13.8. The van der Waals surface area contributed by atoms with Gasteiger partial charge in [0.25, 0.3) is 0 Å². The summed E-state index contributed by atoms with van der Waals surface area (Å²) in [6, 6.07) is -0.00281. The smallest absolute Gasteiger partial charge is 0.407 e. The summed E-state index contributed by atoms with van der Waals surface area (Å²) in [6.45, 7) is 13.5. The van der Waals surface area contributed by atoms with Gasteiger partial charge in [0.15, 0.2) is 5.96 Å². The number of ether oxygens (including phenoxy) is 1. The van der Waals surface area contributed by atoms with E-state index in [0.29, 0.717) is 6.54 Å². The van der Waals surface area contributed by atoms with Gasteiger partial charge in [0, 0.05) is 30.9 Å². The number of thioether (sulfide) groups is 1. The summed E-state index contributed by atoms with van der Waals surface area (Å²) < 4.78 is 5.46. The number of alkyl carbamates (subject to hydrolysis) is 1. The van der Waals surface area contributed by atoms with Crippen LogP contribution in [0.3, 0.4) is 0 Å². The Hall–Kier alpha value is -0.380. The maximum absolute atomic E-state index is 11.9. The number of carbonyl (C=O) groups excluding carboxylic acids is 1. The molecule has 0 saturated heterocycles. The first-order valence-corrected chi connectivity index (χ1v) is 9.74. The van der Waals surface area contributed by atoms with Gasteiger partial charge in [-0.2, -0.15) is 11.8 Å². The van der Waals surface area contributed by atoms with Crippen LogP contribution in [0.25, 0.3) is 0 Å². The predicted molar refractivity (Wildman–Crippen MR) is 120 cm³/mol. The molecular formula is C17H37IN4O2S. The van der Waals surface area contributed by atoms with Gasteiger partial charge in [-0.25, -0.2) is 4.79 Å². The third kappa shape index (κ3) is 14.5. The fourth-order valence-electron chi connectivity index (χ4n) is 1.86. The van der Waals surface area contributed by atoms with Crippen molar-refractivity contribution in [3.8, 4) is 0 Å². The number of hydrogen-bond donors (Lipinski definition) is 3. The van der Waals surface area contributed by atoms with E-state index in [4.69, 9.17) is 4.74 Å². The van der Waals surface area contributed by atoms with Gasteiger partial charge in [-0.15, -0.1) is 24.0 Å². The first-order valence-electron chi connectivity index (χ1n) is 8.52. The average molecular weight is 488 g/mol. The first-order chi connectivity index (χ1) is 11.0. The van der Waals surface area contributed by atoms with Crippen molar-refractivity contribution in [2.24, 2.45) is 4.99 Å². The van der Waals surface area contributed by atoms with Crippen LogP contribution in [0.5, 0.6) is 0 Å². The summed E-state index contributed by atoms with van der Waals surface area (Å²) >= 11 is 1.81. The van der Waals surface area contributed by atoms with Gasteiger partial charge in [0.05, 0.1) is 0 Å². The maximum atomic E-state index is 11.9. The lowest BCUT2D eigenvalue weighted by Gasteiger charge is -2.26. The molecule has 3 N–H and O–H groups in total. The molecule has 8 heteroatoms. The number of guanidine groups is 1. The van der Waals surface area contributed by atoms with Crippen LogP contribution in [-0.2, 0) is 4.74 Å². The van der Waals surface area contributed by atoms with E-state index in [1.165, 1.54) is 0 Å². The van der Waals surface area contributed by atoms with E-state index in [1.54, 1.807) is 18.8 Å². The standard InChI is InChI=1S/C17H36N4O2S.HI/c1-9-10-13(21-15(22)23-16(2,3)4)11-19-14(18-7)20-12-17(5,6)24-8;/h13H,9-12H2,1-8H3,(H,21,22)(H2,18,19,20);1H. The van der Waals surface area contributed by atoms with Crippen molar-refractivity contribution < 1.29 is 9.53 Å². The zero-order chi connectivity index (χ0) is 18.8. The van der Waals surface area contributed by atoms with Crippen molar-refractivity contribution in [3.63, 3.8) is 0 Å². The van der Waals surface area contributed by atoms with Crippen molar-refractivity contribution in [2.45, 2.75) is 70.8 Å². The highest BCUT2D eigenvalue weighted by atomic mass is 127. The van der Waals surface area contributed by atoms with Crippen LogP contribution in [0, 0.1) is 0 Å². The highest BCUT2D eigenvalue weighted by Gasteiger charge is 2.20. The number of hydrogen-bond acceptors (Lipinski definition) is 4. The molecule has 25 heavy (non-hydrogen) atoms. The first kappa shape index (κ1) is 26.8. The van der Waals surface area contributed by atoms with Crippen molar-refractivity contribution in [1.29, 1.82) is 0 Å². The Morgan fingerprint density at radius 3 is 2.24 bits per heavy atom. The molecule has 0 aromatic carbocycles. The van der Waals surface area contributed by atoms with Gasteiger partial charge in [-0.3, -0.25) is 4.99 Å². The second-order valence-corrected chi connectivity index (χ2v) is 8.92. The summed E-state index contributed by atoms with van der Waals surface area (Å²) in [4.78, 5) is 16.2. The molecule has 0 aromatic rings. The Bertz CT molecular complexity index is 412. The average Bonchev–Trinajstić information content (AvgIpc) is 2.45. The number of nitrogens with zero attached hydrogens (tertiary/aromatic N) is 1. The van der Waals surface area contributed by atoms with Crippen molar-refractivity contribution in [3.05, 3.63) is 0 Å². The second-order valence-electron chi connectivity index (χ2n) is 7.40. The van der Waals surface area contributed by atoms with Crippen molar-refractivity contribution in [2.75, 3.05) is 26.4 Å². The van der Waals surface area contributed by atoms with E-state index >= 15 is 0 Å². The molecule has 150 valence electrons.